The molecule has 3 heterocycles. The van der Waals surface area contributed by atoms with Gasteiger partial charge >= 0.3 is 0 Å². The second-order valence-corrected chi connectivity index (χ2v) is 10.2. The molecule has 1 aromatic carbocycles. The average Bonchev–Trinajstić information content (AvgIpc) is 3.48. The van der Waals surface area contributed by atoms with Crippen LogP contribution in [-0.4, -0.2) is 47.2 Å². The number of fused-ring (bicyclic) bond motifs is 1. The predicted molar refractivity (Wildman–Crippen MR) is 114 cm³/mol. The molecule has 0 spiro atoms. The average molecular weight is 426 g/mol. The van der Waals surface area contributed by atoms with Crippen LogP contribution in [0, 0.1) is 12.7 Å². The summed E-state index contributed by atoms with van der Waals surface area (Å²) in [6, 6.07) is 9.06. The zero-order valence-corrected chi connectivity index (χ0v) is 17.9. The highest BCUT2D eigenvalue weighted by atomic mass is 32.2. The minimum atomic E-state index is -0.419. The van der Waals surface area contributed by atoms with Crippen LogP contribution in [0.3, 0.4) is 0 Å². The van der Waals surface area contributed by atoms with Crippen molar-refractivity contribution in [2.45, 2.75) is 49.8 Å². The van der Waals surface area contributed by atoms with Crippen molar-refractivity contribution in [2.75, 3.05) is 12.4 Å². The summed E-state index contributed by atoms with van der Waals surface area (Å²) in [6.07, 6.45) is 2.37. The molecule has 2 aromatic heterocycles. The molecule has 1 N–H and O–H groups in total. The van der Waals surface area contributed by atoms with E-state index in [1.807, 2.05) is 31.2 Å². The molecule has 1 fully saturated rings. The Balaban J connectivity index is 1.51. The number of aliphatic hydroxyl groups is 1. The third-order valence-electron chi connectivity index (χ3n) is 6.22. The van der Waals surface area contributed by atoms with Crippen LogP contribution < -0.4 is 0 Å². The number of aryl methyl sites for hydroxylation is 1. The predicted octanol–water partition coefficient (Wildman–Crippen LogP) is 3.30. The van der Waals surface area contributed by atoms with Gasteiger partial charge in [0.15, 0.2) is 0 Å². The summed E-state index contributed by atoms with van der Waals surface area (Å²) in [7, 11) is 0. The van der Waals surface area contributed by atoms with Crippen molar-refractivity contribution in [1.82, 2.24) is 25.0 Å². The largest absolute Gasteiger partial charge is 0.395 e. The van der Waals surface area contributed by atoms with E-state index >= 15 is 4.39 Å². The number of hydrogen-bond acceptors (Lipinski definition) is 6. The van der Waals surface area contributed by atoms with Crippen molar-refractivity contribution in [3.8, 4) is 11.3 Å². The summed E-state index contributed by atoms with van der Waals surface area (Å²) in [5.74, 6) is 2.36. The fourth-order valence-electron chi connectivity index (χ4n) is 4.28. The molecule has 1 saturated carbocycles. The lowest BCUT2D eigenvalue weighted by Gasteiger charge is -2.23. The molecule has 1 aliphatic heterocycles. The number of aromatic nitrogens is 5. The summed E-state index contributed by atoms with van der Waals surface area (Å²) in [6.45, 7) is 4.81. The maximum Gasteiger partial charge on any atom is 0.143 e. The molecule has 6 nitrogen and oxygen atoms in total. The lowest BCUT2D eigenvalue weighted by Crippen LogP contribution is -2.28. The summed E-state index contributed by atoms with van der Waals surface area (Å²) in [5, 5.41) is 27.0. The molecule has 0 radical (unpaired) electrons. The van der Waals surface area contributed by atoms with Gasteiger partial charge in [-0.3, -0.25) is 0 Å². The van der Waals surface area contributed by atoms with E-state index in [-0.39, 0.29) is 17.2 Å². The lowest BCUT2D eigenvalue weighted by molar-refractivity contribution is 0.254. The highest BCUT2D eigenvalue weighted by Gasteiger charge is 2.52. The van der Waals surface area contributed by atoms with Gasteiger partial charge in [0, 0.05) is 34.6 Å². The van der Waals surface area contributed by atoms with Crippen molar-refractivity contribution in [3.63, 3.8) is 0 Å². The highest BCUT2D eigenvalue weighted by Crippen LogP contribution is 2.54. The van der Waals surface area contributed by atoms with Crippen LogP contribution in [0.4, 0.5) is 4.39 Å². The molecule has 30 heavy (non-hydrogen) atoms. The summed E-state index contributed by atoms with van der Waals surface area (Å²) in [5.41, 5.74) is 2.46. The topological polar surface area (TPSA) is 76.7 Å². The maximum atomic E-state index is 15.3. The van der Waals surface area contributed by atoms with Crippen LogP contribution in [-0.2, 0) is 18.4 Å². The van der Waals surface area contributed by atoms with Gasteiger partial charge in [0.2, 0.25) is 0 Å². The van der Waals surface area contributed by atoms with Gasteiger partial charge in [0.05, 0.1) is 23.4 Å². The Morgan fingerprint density at radius 2 is 1.97 bits per heavy atom. The second-order valence-electron chi connectivity index (χ2n) is 8.56. The number of aliphatic hydroxyl groups excluding tert-OH is 1. The Morgan fingerprint density at radius 3 is 2.63 bits per heavy atom. The second kappa shape index (κ2) is 7.13. The van der Waals surface area contributed by atoms with Crippen molar-refractivity contribution < 1.29 is 9.50 Å². The number of benzene rings is 1. The number of rotatable bonds is 4. The normalized spacial score (nSPS) is 22.4. The van der Waals surface area contributed by atoms with Crippen molar-refractivity contribution >= 4 is 11.8 Å². The van der Waals surface area contributed by atoms with Crippen LogP contribution in [0.15, 0.2) is 30.3 Å². The number of nitrogens with zero attached hydrogens (tertiary/aromatic N) is 5. The van der Waals surface area contributed by atoms with Gasteiger partial charge in [-0.1, -0.05) is 12.1 Å². The van der Waals surface area contributed by atoms with Crippen LogP contribution in [0.2, 0.25) is 0 Å². The fourth-order valence-corrected chi connectivity index (χ4v) is 5.37. The van der Waals surface area contributed by atoms with Gasteiger partial charge in [-0.25, -0.2) is 4.39 Å². The molecule has 2 aliphatic rings. The monoisotopic (exact) mass is 425 g/mol. The van der Waals surface area contributed by atoms with Crippen LogP contribution in [0.5, 0.6) is 0 Å². The van der Waals surface area contributed by atoms with Crippen molar-refractivity contribution in [3.05, 3.63) is 59.1 Å². The number of hydrogen-bond donors (Lipinski definition) is 1. The quantitative estimate of drug-likeness (QED) is 0.691. The van der Waals surface area contributed by atoms with Crippen molar-refractivity contribution in [1.29, 1.82) is 0 Å². The SMILES string of the molecule is Cc1ccc(-c2ccc(C3(c4nnc5n4CCS[C@](C)(CO)C5)CC3)c(F)c2)nn1. The lowest BCUT2D eigenvalue weighted by atomic mass is 9.92. The number of thioether (sulfide) groups is 1. The Hall–Kier alpha value is -2.32. The van der Waals surface area contributed by atoms with Crippen LogP contribution >= 0.6 is 11.8 Å². The first-order valence-electron chi connectivity index (χ1n) is 10.2. The van der Waals surface area contributed by atoms with Gasteiger partial charge in [-0.15, -0.1) is 10.2 Å². The van der Waals surface area contributed by atoms with E-state index in [1.165, 1.54) is 0 Å². The molecule has 0 amide bonds. The number of halogens is 1. The van der Waals surface area contributed by atoms with E-state index in [0.29, 0.717) is 17.7 Å². The molecular weight excluding hydrogens is 401 g/mol. The highest BCUT2D eigenvalue weighted by molar-refractivity contribution is 8.00. The molecule has 0 unspecified atom stereocenters. The first-order chi connectivity index (χ1) is 14.4. The van der Waals surface area contributed by atoms with Crippen LogP contribution in [0.1, 0.15) is 42.7 Å². The first kappa shape index (κ1) is 19.6. The van der Waals surface area contributed by atoms with Gasteiger partial charge in [-0.05, 0) is 44.9 Å². The molecule has 0 bridgehead atoms. The van der Waals surface area contributed by atoms with E-state index < -0.39 is 5.41 Å². The zero-order chi connectivity index (χ0) is 20.9. The third-order valence-corrected chi connectivity index (χ3v) is 7.57. The summed E-state index contributed by atoms with van der Waals surface area (Å²) >= 11 is 1.76. The Morgan fingerprint density at radius 1 is 1.13 bits per heavy atom. The Bertz CT molecular complexity index is 1100. The molecule has 156 valence electrons. The van der Waals surface area contributed by atoms with Crippen LogP contribution in [0.25, 0.3) is 11.3 Å². The molecule has 0 saturated heterocycles. The molecule has 1 aliphatic carbocycles. The molecule has 3 aromatic rings. The summed E-state index contributed by atoms with van der Waals surface area (Å²) in [4.78, 5) is 0. The van der Waals surface area contributed by atoms with Gasteiger partial charge in [0.1, 0.15) is 17.5 Å². The van der Waals surface area contributed by atoms with E-state index in [0.717, 1.165) is 48.0 Å². The zero-order valence-electron chi connectivity index (χ0n) is 17.1. The Labute approximate surface area is 179 Å². The molecule has 1 atom stereocenters. The van der Waals surface area contributed by atoms with Gasteiger partial charge in [0.25, 0.3) is 0 Å². The third kappa shape index (κ3) is 3.22. The smallest absolute Gasteiger partial charge is 0.143 e. The minimum Gasteiger partial charge on any atom is -0.395 e. The maximum absolute atomic E-state index is 15.3. The molecule has 8 heteroatoms. The van der Waals surface area contributed by atoms with Gasteiger partial charge in [-0.2, -0.15) is 22.0 Å². The summed E-state index contributed by atoms with van der Waals surface area (Å²) < 4.78 is 17.2. The molecular formula is C22H24FN5OS. The Kier molecular flexibility index (Phi) is 4.67. The van der Waals surface area contributed by atoms with E-state index in [9.17, 15) is 5.11 Å². The minimum absolute atomic E-state index is 0.100. The first-order valence-corrected chi connectivity index (χ1v) is 11.2. The van der Waals surface area contributed by atoms with E-state index in [4.69, 9.17) is 0 Å². The van der Waals surface area contributed by atoms with E-state index in [2.05, 4.69) is 31.9 Å². The molecule has 5 rings (SSSR count). The standard InChI is InChI=1S/C22H24FN5OS/c1-14-3-6-18(25-24-14)15-4-5-16(17(23)11-15)22(7-8-22)20-27-26-19-12-21(2,13-29)30-10-9-28(19)20/h3-6,11,29H,7-10,12-13H2,1-2H3/t21-/m0/s1. The fraction of sp³-hybridized carbons (Fsp3) is 0.455. The van der Waals surface area contributed by atoms with E-state index in [1.54, 1.807) is 17.8 Å². The van der Waals surface area contributed by atoms with Crippen molar-refractivity contribution in [2.24, 2.45) is 0 Å². The van der Waals surface area contributed by atoms with Gasteiger partial charge < -0.3 is 9.67 Å².